The van der Waals surface area contributed by atoms with E-state index in [1.807, 2.05) is 53.3 Å². The topological polar surface area (TPSA) is 102 Å². The van der Waals surface area contributed by atoms with Crippen molar-refractivity contribution in [2.24, 2.45) is 0 Å². The molecule has 8 nitrogen and oxygen atoms in total. The maximum atomic E-state index is 13.2. The van der Waals surface area contributed by atoms with Crippen LogP contribution in [0.5, 0.6) is 5.75 Å². The van der Waals surface area contributed by atoms with E-state index >= 15 is 0 Å². The van der Waals surface area contributed by atoms with Crippen molar-refractivity contribution < 1.29 is 19.1 Å². The van der Waals surface area contributed by atoms with Crippen LogP contribution in [0.1, 0.15) is 30.8 Å². The van der Waals surface area contributed by atoms with E-state index in [0.29, 0.717) is 24.3 Å². The number of hydrogen-bond acceptors (Lipinski definition) is 7. The summed E-state index contributed by atoms with van der Waals surface area (Å²) in [6.07, 6.45) is 5.71. The molecule has 0 aliphatic rings. The number of furan rings is 1. The maximum Gasteiger partial charge on any atom is 0.275 e. The molecule has 2 N–H and O–H groups in total. The van der Waals surface area contributed by atoms with Crippen LogP contribution >= 0.6 is 11.3 Å². The summed E-state index contributed by atoms with van der Waals surface area (Å²) in [7, 11) is 1.62. The van der Waals surface area contributed by atoms with Gasteiger partial charge < -0.3 is 19.6 Å². The Kier molecular flexibility index (Phi) is 6.34. The smallest absolute Gasteiger partial charge is 0.275 e. The van der Waals surface area contributed by atoms with Crippen molar-refractivity contribution in [3.05, 3.63) is 72.3 Å². The molecule has 0 fully saturated rings. The lowest BCUT2D eigenvalue weighted by molar-refractivity contribution is 0.0651. The molecule has 0 aliphatic heterocycles. The Morgan fingerprint density at radius 1 is 1.22 bits per heavy atom. The Bertz CT molecular complexity index is 1510. The number of hydrogen-bond donors (Lipinski definition) is 2. The fourth-order valence-electron chi connectivity index (χ4n) is 3.84. The zero-order valence-corrected chi connectivity index (χ0v) is 21.0. The number of benzene rings is 2. The lowest BCUT2D eigenvalue weighted by Gasteiger charge is -2.16. The van der Waals surface area contributed by atoms with Gasteiger partial charge in [0, 0.05) is 45.9 Å². The molecule has 0 bridgehead atoms. The molecule has 0 atom stereocenters. The van der Waals surface area contributed by atoms with E-state index in [1.54, 1.807) is 38.9 Å². The van der Waals surface area contributed by atoms with Gasteiger partial charge in [-0.3, -0.25) is 9.48 Å². The van der Waals surface area contributed by atoms with E-state index in [9.17, 15) is 9.90 Å². The van der Waals surface area contributed by atoms with Crippen molar-refractivity contribution in [3.63, 3.8) is 0 Å². The molecular weight excluding hydrogens is 476 g/mol. The second kappa shape index (κ2) is 9.60. The van der Waals surface area contributed by atoms with E-state index in [2.05, 4.69) is 15.4 Å². The fourth-order valence-corrected chi connectivity index (χ4v) is 4.64. The predicted octanol–water partition coefficient (Wildman–Crippen LogP) is 5.84. The van der Waals surface area contributed by atoms with E-state index in [1.165, 1.54) is 11.3 Å². The first-order chi connectivity index (χ1) is 17.3. The molecule has 3 aromatic heterocycles. The summed E-state index contributed by atoms with van der Waals surface area (Å²) in [5.74, 6) is 0.425. The summed E-state index contributed by atoms with van der Waals surface area (Å²) < 4.78 is 12.4. The number of thiazole rings is 1. The van der Waals surface area contributed by atoms with Crippen molar-refractivity contribution in [2.75, 3.05) is 12.4 Å². The van der Waals surface area contributed by atoms with E-state index < -0.39 is 5.60 Å². The first-order valence-corrected chi connectivity index (χ1v) is 12.3. The number of nitrogens with one attached hydrogen (secondary N) is 1. The third kappa shape index (κ3) is 5.17. The van der Waals surface area contributed by atoms with Crippen molar-refractivity contribution in [1.29, 1.82) is 0 Å². The minimum atomic E-state index is -0.781. The van der Waals surface area contributed by atoms with Crippen molar-refractivity contribution in [2.45, 2.75) is 32.4 Å². The van der Waals surface area contributed by atoms with Gasteiger partial charge in [-0.25, -0.2) is 4.98 Å². The average molecular weight is 503 g/mol. The lowest BCUT2D eigenvalue weighted by Crippen LogP contribution is -2.21. The third-order valence-corrected chi connectivity index (χ3v) is 6.67. The number of fused-ring (bicyclic) bond motifs is 1. The van der Waals surface area contributed by atoms with Crippen LogP contribution in [0.15, 0.2) is 71.0 Å². The number of anilines is 1. The lowest BCUT2D eigenvalue weighted by atomic mass is 10.0. The summed E-state index contributed by atoms with van der Waals surface area (Å²) in [5.41, 5.74) is 3.47. The van der Waals surface area contributed by atoms with Crippen molar-refractivity contribution >= 4 is 33.8 Å². The summed E-state index contributed by atoms with van der Waals surface area (Å²) in [5, 5.41) is 21.1. The second-order valence-corrected chi connectivity index (χ2v) is 10.0. The molecule has 3 heterocycles. The maximum absolute atomic E-state index is 13.2. The van der Waals surface area contributed by atoms with Gasteiger partial charge in [-0.1, -0.05) is 12.1 Å². The van der Waals surface area contributed by atoms with Crippen LogP contribution in [0.2, 0.25) is 0 Å². The Morgan fingerprint density at radius 3 is 2.83 bits per heavy atom. The Labute approximate surface area is 212 Å². The molecule has 5 rings (SSSR count). The summed E-state index contributed by atoms with van der Waals surface area (Å²) in [4.78, 5) is 17.7. The van der Waals surface area contributed by atoms with Crippen LogP contribution in [0, 0.1) is 0 Å². The van der Waals surface area contributed by atoms with Crippen molar-refractivity contribution in [3.8, 4) is 27.4 Å². The molecule has 0 aliphatic carbocycles. The number of aromatic nitrogens is 3. The third-order valence-electron chi connectivity index (χ3n) is 5.78. The number of ether oxygens (including phenoxy) is 1. The van der Waals surface area contributed by atoms with Crippen LogP contribution in [-0.2, 0) is 6.54 Å². The summed E-state index contributed by atoms with van der Waals surface area (Å²) in [6.45, 7) is 4.13. The van der Waals surface area contributed by atoms with Crippen LogP contribution < -0.4 is 10.1 Å². The second-order valence-electron chi connectivity index (χ2n) is 9.15. The quantitative estimate of drug-likeness (QED) is 0.276. The summed E-state index contributed by atoms with van der Waals surface area (Å²) in [6, 6.07) is 13.3. The first kappa shape index (κ1) is 23.8. The average Bonchev–Trinajstić information content (AvgIpc) is 3.62. The van der Waals surface area contributed by atoms with Gasteiger partial charge in [0.1, 0.15) is 16.5 Å². The number of aliphatic hydroxyl groups is 1. The number of carbonyl (C=O) groups is 1. The standard InChI is InChI=1S/C27H26N4O4S/c1-27(2,33)8-9-31-14-19-12-23(21(13-22(19)30-31)18-7-10-35-15-18)28-25(32)24-16-36-26(29-24)17-5-4-6-20(11-17)34-3/h4-7,10-16,33H,8-9H2,1-3H3,(H,28,32). The van der Waals surface area contributed by atoms with Gasteiger partial charge in [-0.15, -0.1) is 11.3 Å². The molecule has 0 saturated carbocycles. The predicted molar refractivity (Wildman–Crippen MR) is 140 cm³/mol. The van der Waals surface area contributed by atoms with Gasteiger partial charge in [-0.05, 0) is 50.6 Å². The number of rotatable bonds is 8. The van der Waals surface area contributed by atoms with Crippen LogP contribution in [0.25, 0.3) is 32.6 Å². The molecule has 184 valence electrons. The number of methoxy groups -OCH3 is 1. The van der Waals surface area contributed by atoms with Gasteiger partial charge in [0.25, 0.3) is 5.91 Å². The largest absolute Gasteiger partial charge is 0.497 e. The SMILES string of the molecule is COc1cccc(-c2nc(C(=O)Nc3cc4cn(CCC(C)(C)O)nc4cc3-c3ccoc3)cs2)c1. The number of carbonyl (C=O) groups excluding carboxylic acids is 1. The van der Waals surface area contributed by atoms with Gasteiger partial charge in [0.2, 0.25) is 0 Å². The van der Waals surface area contributed by atoms with Gasteiger partial charge in [-0.2, -0.15) is 5.10 Å². The molecule has 36 heavy (non-hydrogen) atoms. The van der Waals surface area contributed by atoms with E-state index in [4.69, 9.17) is 9.15 Å². The number of nitrogens with zero attached hydrogens (tertiary/aromatic N) is 3. The highest BCUT2D eigenvalue weighted by Crippen LogP contribution is 2.34. The Morgan fingerprint density at radius 2 is 2.08 bits per heavy atom. The van der Waals surface area contributed by atoms with Crippen LogP contribution in [-0.4, -0.2) is 38.5 Å². The fraction of sp³-hybridized carbons (Fsp3) is 0.222. The molecule has 0 radical (unpaired) electrons. The molecule has 2 aromatic carbocycles. The zero-order chi connectivity index (χ0) is 25.3. The molecule has 0 spiro atoms. The highest BCUT2D eigenvalue weighted by atomic mass is 32.1. The monoisotopic (exact) mass is 502 g/mol. The highest BCUT2D eigenvalue weighted by molar-refractivity contribution is 7.13. The molecule has 1 amide bonds. The highest BCUT2D eigenvalue weighted by Gasteiger charge is 2.18. The molecule has 0 unspecified atom stereocenters. The normalized spacial score (nSPS) is 11.7. The van der Waals surface area contributed by atoms with Gasteiger partial charge in [0.05, 0.1) is 30.8 Å². The molecule has 0 saturated heterocycles. The van der Waals surface area contributed by atoms with E-state index in [0.717, 1.165) is 38.4 Å². The molecule has 5 aromatic rings. The van der Waals surface area contributed by atoms with E-state index in [-0.39, 0.29) is 5.91 Å². The number of aryl methyl sites for hydroxylation is 1. The molecule has 9 heteroatoms. The Balaban J connectivity index is 1.44. The minimum absolute atomic E-state index is 0.307. The number of amides is 1. The van der Waals surface area contributed by atoms with Crippen molar-refractivity contribution in [1.82, 2.24) is 14.8 Å². The zero-order valence-electron chi connectivity index (χ0n) is 20.2. The first-order valence-electron chi connectivity index (χ1n) is 11.5. The summed E-state index contributed by atoms with van der Waals surface area (Å²) >= 11 is 1.40. The van der Waals surface area contributed by atoms with Gasteiger partial charge in [0.15, 0.2) is 0 Å². The van der Waals surface area contributed by atoms with Gasteiger partial charge >= 0.3 is 0 Å². The van der Waals surface area contributed by atoms with Crippen LogP contribution in [0.3, 0.4) is 0 Å². The molecular formula is C27H26N4O4S. The van der Waals surface area contributed by atoms with Crippen LogP contribution in [0.4, 0.5) is 5.69 Å². The Hall–Kier alpha value is -3.95. The minimum Gasteiger partial charge on any atom is -0.497 e.